The van der Waals surface area contributed by atoms with Gasteiger partial charge in [-0.15, -0.1) is 0 Å². The zero-order chi connectivity index (χ0) is 14.8. The molecule has 1 aromatic rings. The van der Waals surface area contributed by atoms with Gasteiger partial charge >= 0.3 is 0 Å². The maximum absolute atomic E-state index is 14.5. The molecule has 114 valence electrons. The Kier molecular flexibility index (Phi) is 2.88. The maximum Gasteiger partial charge on any atom is 0.131 e. The third-order valence-electron chi connectivity index (χ3n) is 6.61. The van der Waals surface area contributed by atoms with Crippen LogP contribution < -0.4 is 0 Å². The van der Waals surface area contributed by atoms with Crippen LogP contribution >= 0.6 is 0 Å². The lowest BCUT2D eigenvalue weighted by molar-refractivity contribution is -0.00292. The van der Waals surface area contributed by atoms with E-state index in [0.717, 1.165) is 25.7 Å². The summed E-state index contributed by atoms with van der Waals surface area (Å²) < 4.78 is 14.5. The van der Waals surface area contributed by atoms with Gasteiger partial charge in [-0.25, -0.2) is 4.39 Å². The van der Waals surface area contributed by atoms with E-state index in [4.69, 9.17) is 0 Å². The van der Waals surface area contributed by atoms with Crippen molar-refractivity contribution in [1.29, 1.82) is 0 Å². The summed E-state index contributed by atoms with van der Waals surface area (Å²) in [7, 11) is 0. The summed E-state index contributed by atoms with van der Waals surface area (Å²) in [6.07, 6.45) is 2.65. The second-order valence-corrected chi connectivity index (χ2v) is 7.55. The molecule has 1 aromatic carbocycles. The Balaban J connectivity index is 1.71. The zero-order valence-electron chi connectivity index (χ0n) is 12.4. The van der Waals surface area contributed by atoms with Gasteiger partial charge in [0, 0.05) is 5.41 Å². The molecule has 0 saturated heterocycles. The quantitative estimate of drug-likeness (QED) is 0.767. The van der Waals surface area contributed by atoms with E-state index in [-0.39, 0.29) is 5.41 Å². The molecule has 0 unspecified atom stereocenters. The predicted octanol–water partition coefficient (Wildman–Crippen LogP) is 3.56. The Morgan fingerprint density at radius 2 is 2.10 bits per heavy atom. The molecule has 0 amide bonds. The van der Waals surface area contributed by atoms with Crippen molar-refractivity contribution >= 4 is 0 Å². The van der Waals surface area contributed by atoms with E-state index in [1.807, 2.05) is 13.0 Å². The molecule has 6 atom stereocenters. The minimum Gasteiger partial charge on any atom is -0.508 e. The first-order chi connectivity index (χ1) is 10.0. The molecule has 0 heterocycles. The monoisotopic (exact) mass is 290 g/mol. The summed E-state index contributed by atoms with van der Waals surface area (Å²) in [5.74, 6) is 1.59. The molecule has 0 radical (unpaired) electrons. The van der Waals surface area contributed by atoms with Crippen LogP contribution in [-0.2, 0) is 6.42 Å². The van der Waals surface area contributed by atoms with Gasteiger partial charge in [0.1, 0.15) is 11.9 Å². The molecule has 3 heteroatoms. The van der Waals surface area contributed by atoms with Gasteiger partial charge in [0.2, 0.25) is 0 Å². The molecule has 2 N–H and O–H groups in total. The maximum atomic E-state index is 14.5. The largest absolute Gasteiger partial charge is 0.508 e. The summed E-state index contributed by atoms with van der Waals surface area (Å²) in [6, 6.07) is 5.72. The van der Waals surface area contributed by atoms with Crippen molar-refractivity contribution in [2.75, 3.05) is 0 Å². The number of halogens is 1. The van der Waals surface area contributed by atoms with Crippen molar-refractivity contribution in [3.8, 4) is 5.75 Å². The van der Waals surface area contributed by atoms with Gasteiger partial charge in [-0.2, -0.15) is 0 Å². The standard InChI is InChI=1S/C18H23FO2/c1-18-7-6-13-12-5-3-11(20)8-10(12)2-4-14(13)15(18)9-16(21)17(18)19/h3,5,8,13-17,20-21H,2,4,6-7,9H2,1H3/t13-,14-,15+,16+,17+,18+/m1/s1. The third kappa shape index (κ3) is 1.79. The smallest absolute Gasteiger partial charge is 0.131 e. The summed E-state index contributed by atoms with van der Waals surface area (Å²) in [6.45, 7) is 2.04. The van der Waals surface area contributed by atoms with Crippen LogP contribution in [0.4, 0.5) is 4.39 Å². The van der Waals surface area contributed by atoms with E-state index >= 15 is 0 Å². The first-order valence-corrected chi connectivity index (χ1v) is 8.14. The predicted molar refractivity (Wildman–Crippen MR) is 79.0 cm³/mol. The van der Waals surface area contributed by atoms with Crippen molar-refractivity contribution in [2.45, 2.75) is 57.2 Å². The van der Waals surface area contributed by atoms with Gasteiger partial charge < -0.3 is 10.2 Å². The van der Waals surface area contributed by atoms with Crippen molar-refractivity contribution in [3.05, 3.63) is 29.3 Å². The molecule has 3 aliphatic carbocycles. The van der Waals surface area contributed by atoms with Crippen molar-refractivity contribution in [3.63, 3.8) is 0 Å². The molecule has 2 nitrogen and oxygen atoms in total. The van der Waals surface area contributed by atoms with E-state index in [1.165, 1.54) is 11.1 Å². The lowest BCUT2D eigenvalue weighted by atomic mass is 9.55. The highest BCUT2D eigenvalue weighted by Crippen LogP contribution is 2.61. The highest BCUT2D eigenvalue weighted by molar-refractivity contribution is 5.40. The zero-order valence-corrected chi connectivity index (χ0v) is 12.4. The Hall–Kier alpha value is -1.09. The van der Waals surface area contributed by atoms with Crippen molar-refractivity contribution in [2.24, 2.45) is 17.3 Å². The van der Waals surface area contributed by atoms with Crippen molar-refractivity contribution < 1.29 is 14.6 Å². The summed E-state index contributed by atoms with van der Waals surface area (Å²) in [4.78, 5) is 0. The third-order valence-corrected chi connectivity index (χ3v) is 6.61. The minimum absolute atomic E-state index is 0.295. The van der Waals surface area contributed by atoms with Crippen LogP contribution in [-0.4, -0.2) is 22.5 Å². The molecule has 2 saturated carbocycles. The van der Waals surface area contributed by atoms with Crippen LogP contribution in [0.15, 0.2) is 18.2 Å². The number of aryl methyl sites for hydroxylation is 1. The lowest BCUT2D eigenvalue weighted by Crippen LogP contribution is -2.43. The number of aliphatic hydroxyl groups is 1. The normalized spacial score (nSPS) is 44.8. The number of hydrogen-bond acceptors (Lipinski definition) is 2. The Morgan fingerprint density at radius 1 is 1.29 bits per heavy atom. The molecule has 2 fully saturated rings. The van der Waals surface area contributed by atoms with Crippen LogP contribution in [0, 0.1) is 17.3 Å². The molecule has 21 heavy (non-hydrogen) atoms. The molecule has 0 spiro atoms. The van der Waals surface area contributed by atoms with Gasteiger partial charge in [-0.3, -0.25) is 0 Å². The lowest BCUT2D eigenvalue weighted by Gasteiger charge is -2.49. The van der Waals surface area contributed by atoms with E-state index in [0.29, 0.717) is 29.9 Å². The fourth-order valence-electron chi connectivity index (χ4n) is 5.52. The fourth-order valence-corrected chi connectivity index (χ4v) is 5.52. The second-order valence-electron chi connectivity index (χ2n) is 7.55. The van der Waals surface area contributed by atoms with Crippen molar-refractivity contribution in [1.82, 2.24) is 0 Å². The number of hydrogen-bond donors (Lipinski definition) is 2. The van der Waals surface area contributed by atoms with Gasteiger partial charge in [-0.1, -0.05) is 13.0 Å². The summed E-state index contributed by atoms with van der Waals surface area (Å²) in [5, 5.41) is 19.7. The number of aliphatic hydroxyl groups excluding tert-OH is 1. The van der Waals surface area contributed by atoms with Crippen LogP contribution in [0.5, 0.6) is 5.75 Å². The topological polar surface area (TPSA) is 40.5 Å². The summed E-state index contributed by atoms with van der Waals surface area (Å²) in [5.41, 5.74) is 2.27. The van der Waals surface area contributed by atoms with Crippen LogP contribution in [0.3, 0.4) is 0 Å². The first kappa shape index (κ1) is 13.6. The average molecular weight is 290 g/mol. The molecule has 0 aliphatic heterocycles. The average Bonchev–Trinajstić information content (AvgIpc) is 2.70. The number of rotatable bonds is 0. The van der Waals surface area contributed by atoms with E-state index in [9.17, 15) is 14.6 Å². The van der Waals surface area contributed by atoms with E-state index in [2.05, 4.69) is 6.07 Å². The number of phenolic OH excluding ortho intramolecular Hbond substituents is 1. The fraction of sp³-hybridized carbons (Fsp3) is 0.667. The molecule has 0 aromatic heterocycles. The van der Waals surface area contributed by atoms with Crippen LogP contribution in [0.25, 0.3) is 0 Å². The number of phenols is 1. The SMILES string of the molecule is C[C@]12CC[C@@H]3c4ccc(O)cc4CC[C@H]3[C@@H]1C[C@H](O)[C@@H]2F. The van der Waals surface area contributed by atoms with Gasteiger partial charge in [0.15, 0.2) is 0 Å². The molecular formula is C18H23FO2. The molecule has 0 bridgehead atoms. The van der Waals surface area contributed by atoms with Crippen LogP contribution in [0.2, 0.25) is 0 Å². The number of aromatic hydroxyl groups is 1. The number of alkyl halides is 1. The Morgan fingerprint density at radius 3 is 2.90 bits per heavy atom. The van der Waals surface area contributed by atoms with Gasteiger partial charge in [0.05, 0.1) is 6.10 Å². The highest BCUT2D eigenvalue weighted by Gasteiger charge is 2.58. The molecule has 3 aliphatic rings. The Labute approximate surface area is 125 Å². The highest BCUT2D eigenvalue weighted by atomic mass is 19.1. The Bertz CT molecular complexity index is 572. The van der Waals surface area contributed by atoms with E-state index < -0.39 is 12.3 Å². The minimum atomic E-state index is -1.07. The van der Waals surface area contributed by atoms with Gasteiger partial charge in [-0.05, 0) is 73.1 Å². The number of fused-ring (bicyclic) bond motifs is 5. The molecular weight excluding hydrogens is 267 g/mol. The number of benzene rings is 1. The first-order valence-electron chi connectivity index (χ1n) is 8.14. The van der Waals surface area contributed by atoms with Crippen LogP contribution in [0.1, 0.15) is 49.7 Å². The van der Waals surface area contributed by atoms with E-state index in [1.54, 1.807) is 6.07 Å². The van der Waals surface area contributed by atoms with Gasteiger partial charge in [0.25, 0.3) is 0 Å². The second kappa shape index (κ2) is 4.45. The summed E-state index contributed by atoms with van der Waals surface area (Å²) >= 11 is 0. The molecule has 4 rings (SSSR count).